The number of hydrogen-bond donors (Lipinski definition) is 1. The van der Waals surface area contributed by atoms with E-state index in [4.69, 9.17) is 11.6 Å². The van der Waals surface area contributed by atoms with Crippen LogP contribution in [0.1, 0.15) is 53.8 Å². The molecule has 0 bridgehead atoms. The van der Waals surface area contributed by atoms with Gasteiger partial charge in [-0.25, -0.2) is 4.98 Å². The van der Waals surface area contributed by atoms with Gasteiger partial charge in [-0.1, -0.05) is 49.1 Å². The summed E-state index contributed by atoms with van der Waals surface area (Å²) < 4.78 is 1.81. The van der Waals surface area contributed by atoms with Gasteiger partial charge in [0.05, 0.1) is 12.1 Å². The molecule has 2 aliphatic rings. The lowest BCUT2D eigenvalue weighted by Crippen LogP contribution is -2.42. The third-order valence-electron chi connectivity index (χ3n) is 7.33. The summed E-state index contributed by atoms with van der Waals surface area (Å²) in [4.78, 5) is 32.6. The molecule has 1 aliphatic heterocycles. The van der Waals surface area contributed by atoms with Gasteiger partial charge in [-0.15, -0.1) is 0 Å². The highest BCUT2D eigenvalue weighted by Crippen LogP contribution is 2.39. The van der Waals surface area contributed by atoms with Gasteiger partial charge in [0.15, 0.2) is 0 Å². The van der Waals surface area contributed by atoms with Crippen LogP contribution in [0.25, 0.3) is 5.65 Å². The number of benzene rings is 1. The van der Waals surface area contributed by atoms with E-state index < -0.39 is 0 Å². The molecule has 2 amide bonds. The Kier molecular flexibility index (Phi) is 7.35. The highest BCUT2D eigenvalue weighted by molar-refractivity contribution is 7.99. The average molecular weight is 511 g/mol. The summed E-state index contributed by atoms with van der Waals surface area (Å²) in [6.07, 6.45) is 7.72. The Bertz CT molecular complexity index is 1200. The molecule has 0 spiro atoms. The maximum Gasteiger partial charge on any atom is 0.268 e. The van der Waals surface area contributed by atoms with Crippen molar-refractivity contribution in [1.29, 1.82) is 0 Å². The molecule has 6 nitrogen and oxygen atoms in total. The van der Waals surface area contributed by atoms with Crippen LogP contribution in [0.5, 0.6) is 0 Å². The maximum atomic E-state index is 13.3. The number of thioether (sulfide) groups is 1. The lowest BCUT2D eigenvalue weighted by molar-refractivity contribution is -0.130. The number of pyridine rings is 1. The molecule has 1 saturated carbocycles. The summed E-state index contributed by atoms with van der Waals surface area (Å²) in [6.45, 7) is 2.16. The molecule has 1 saturated heterocycles. The van der Waals surface area contributed by atoms with E-state index in [9.17, 15) is 9.59 Å². The highest BCUT2D eigenvalue weighted by atomic mass is 35.5. The minimum absolute atomic E-state index is 0.0777. The average Bonchev–Trinajstić information content (AvgIpc) is 3.31. The first kappa shape index (κ1) is 24.2. The molecule has 2 aromatic heterocycles. The summed E-state index contributed by atoms with van der Waals surface area (Å²) in [5.41, 5.74) is 3.06. The zero-order chi connectivity index (χ0) is 24.3. The van der Waals surface area contributed by atoms with Crippen molar-refractivity contribution in [3.05, 3.63) is 70.6 Å². The molecule has 0 radical (unpaired) electrons. The van der Waals surface area contributed by atoms with Crippen LogP contribution in [0.3, 0.4) is 0 Å². The minimum atomic E-state index is -0.127. The van der Waals surface area contributed by atoms with Crippen LogP contribution in [0.2, 0.25) is 5.02 Å². The monoisotopic (exact) mass is 510 g/mol. The van der Waals surface area contributed by atoms with E-state index in [1.807, 2.05) is 53.2 Å². The van der Waals surface area contributed by atoms with E-state index in [0.717, 1.165) is 55.3 Å². The quantitative estimate of drug-likeness (QED) is 0.520. The van der Waals surface area contributed by atoms with E-state index in [2.05, 4.69) is 22.4 Å². The normalized spacial score (nSPS) is 17.9. The van der Waals surface area contributed by atoms with Crippen molar-refractivity contribution in [2.24, 2.45) is 0 Å². The van der Waals surface area contributed by atoms with Crippen LogP contribution in [0, 0.1) is 0 Å². The first-order chi connectivity index (χ1) is 17.0. The fourth-order valence-corrected chi connectivity index (χ4v) is 6.38. The van der Waals surface area contributed by atoms with Crippen LogP contribution in [-0.2, 0) is 16.6 Å². The molecule has 35 heavy (non-hydrogen) atoms. The number of halogens is 1. The Hall–Kier alpha value is -2.51. The van der Waals surface area contributed by atoms with E-state index >= 15 is 0 Å². The molecule has 2 fully saturated rings. The largest absolute Gasteiger partial charge is 0.350 e. The van der Waals surface area contributed by atoms with Gasteiger partial charge >= 0.3 is 0 Å². The number of rotatable bonds is 6. The van der Waals surface area contributed by atoms with Crippen molar-refractivity contribution in [3.63, 3.8) is 0 Å². The van der Waals surface area contributed by atoms with Crippen molar-refractivity contribution in [2.45, 2.75) is 43.9 Å². The molecular weight excluding hydrogens is 480 g/mol. The first-order valence-electron chi connectivity index (χ1n) is 12.4. The smallest absolute Gasteiger partial charge is 0.268 e. The van der Waals surface area contributed by atoms with Crippen molar-refractivity contribution in [3.8, 4) is 0 Å². The zero-order valence-electron chi connectivity index (χ0n) is 19.8. The van der Waals surface area contributed by atoms with Gasteiger partial charge in [0.2, 0.25) is 5.91 Å². The summed E-state index contributed by atoms with van der Waals surface area (Å²) in [7, 11) is 0. The zero-order valence-corrected chi connectivity index (χ0v) is 21.4. The molecule has 8 heteroatoms. The second-order valence-electron chi connectivity index (χ2n) is 9.57. The van der Waals surface area contributed by atoms with Gasteiger partial charge in [-0.3, -0.25) is 14.0 Å². The van der Waals surface area contributed by atoms with Crippen LogP contribution >= 0.6 is 23.4 Å². The third-order valence-corrected chi connectivity index (χ3v) is 8.52. The fraction of sp³-hybridized carbons (Fsp3) is 0.444. The maximum absolute atomic E-state index is 13.3. The molecule has 0 unspecified atom stereocenters. The SMILES string of the molecule is O=C(NCC1(c2ccc(Cl)cc2)CCCCC1)c1cccc2nc(CC(=O)N3CCSCC3)cn12. The molecule has 184 valence electrons. The lowest BCUT2D eigenvalue weighted by atomic mass is 9.69. The highest BCUT2D eigenvalue weighted by Gasteiger charge is 2.34. The van der Waals surface area contributed by atoms with Crippen molar-refractivity contribution in [1.82, 2.24) is 19.6 Å². The Morgan fingerprint density at radius 2 is 1.77 bits per heavy atom. The number of carbonyl (C=O) groups is 2. The van der Waals surface area contributed by atoms with Crippen molar-refractivity contribution in [2.75, 3.05) is 31.1 Å². The number of nitrogens with zero attached hydrogens (tertiary/aromatic N) is 3. The van der Waals surface area contributed by atoms with Crippen LogP contribution < -0.4 is 5.32 Å². The number of nitrogens with one attached hydrogen (secondary N) is 1. The number of amides is 2. The van der Waals surface area contributed by atoms with Crippen molar-refractivity contribution < 1.29 is 9.59 Å². The predicted octanol–water partition coefficient (Wildman–Crippen LogP) is 4.74. The molecule has 0 atom stereocenters. The first-order valence-corrected chi connectivity index (χ1v) is 13.9. The second-order valence-corrected chi connectivity index (χ2v) is 11.2. The topological polar surface area (TPSA) is 66.7 Å². The molecule has 1 aromatic carbocycles. The predicted molar refractivity (Wildman–Crippen MR) is 141 cm³/mol. The van der Waals surface area contributed by atoms with Gasteiger partial charge in [-0.2, -0.15) is 11.8 Å². The summed E-state index contributed by atoms with van der Waals surface area (Å²) in [5.74, 6) is 1.94. The van der Waals surface area contributed by atoms with Gasteiger partial charge in [0, 0.05) is 47.8 Å². The number of imidazole rings is 1. The van der Waals surface area contributed by atoms with Gasteiger partial charge in [0.1, 0.15) is 11.3 Å². The number of aromatic nitrogens is 2. The Labute approximate surface area is 215 Å². The van der Waals surface area contributed by atoms with E-state index in [0.29, 0.717) is 23.6 Å². The fourth-order valence-electron chi connectivity index (χ4n) is 5.35. The molecular formula is C27H31ClN4O2S. The van der Waals surface area contributed by atoms with Gasteiger partial charge in [0.25, 0.3) is 5.91 Å². The van der Waals surface area contributed by atoms with Gasteiger partial charge < -0.3 is 10.2 Å². The summed E-state index contributed by atoms with van der Waals surface area (Å²) in [5, 5.41) is 3.94. The number of hydrogen-bond acceptors (Lipinski definition) is 4. The Morgan fingerprint density at radius 3 is 2.51 bits per heavy atom. The van der Waals surface area contributed by atoms with E-state index in [1.54, 1.807) is 4.40 Å². The van der Waals surface area contributed by atoms with E-state index in [-0.39, 0.29) is 23.7 Å². The van der Waals surface area contributed by atoms with Crippen molar-refractivity contribution >= 4 is 40.8 Å². The molecule has 1 aliphatic carbocycles. The second kappa shape index (κ2) is 10.6. The van der Waals surface area contributed by atoms with Crippen LogP contribution in [0.4, 0.5) is 0 Å². The van der Waals surface area contributed by atoms with E-state index in [1.165, 1.54) is 12.0 Å². The molecule has 5 rings (SSSR count). The van der Waals surface area contributed by atoms with Crippen LogP contribution in [0.15, 0.2) is 48.7 Å². The molecule has 3 heterocycles. The Morgan fingerprint density at radius 1 is 1.03 bits per heavy atom. The molecule has 1 N–H and O–H groups in total. The lowest BCUT2D eigenvalue weighted by Gasteiger charge is -2.38. The van der Waals surface area contributed by atoms with Gasteiger partial charge in [-0.05, 0) is 42.7 Å². The molecule has 3 aromatic rings. The summed E-state index contributed by atoms with van der Waals surface area (Å²) in [6, 6.07) is 13.6. The van der Waals surface area contributed by atoms with Crippen LogP contribution in [-0.4, -0.2) is 57.2 Å². The summed E-state index contributed by atoms with van der Waals surface area (Å²) >= 11 is 8.01. The Balaban J connectivity index is 1.32. The standard InChI is InChI=1S/C27H31ClN4O2S/c28-21-9-7-20(8-10-21)27(11-2-1-3-12-27)19-29-26(34)23-5-4-6-24-30-22(18-32(23)24)17-25(33)31-13-15-35-16-14-31/h4-10,18H,1-3,11-17,19H2,(H,29,34). The number of carbonyl (C=O) groups excluding carboxylic acids is 2. The number of fused-ring (bicyclic) bond motifs is 1. The minimum Gasteiger partial charge on any atom is -0.350 e. The third kappa shape index (κ3) is 5.36.